The van der Waals surface area contributed by atoms with Crippen molar-refractivity contribution in [1.29, 1.82) is 0 Å². The van der Waals surface area contributed by atoms with Crippen LogP contribution in [-0.4, -0.2) is 29.2 Å². The molecule has 0 radical (unpaired) electrons. The van der Waals surface area contributed by atoms with Gasteiger partial charge in [-0.1, -0.05) is 47.5 Å². The van der Waals surface area contributed by atoms with Crippen LogP contribution in [0.2, 0.25) is 5.02 Å². The Morgan fingerprint density at radius 1 is 1.00 bits per heavy atom. The van der Waals surface area contributed by atoms with Crippen molar-refractivity contribution in [3.63, 3.8) is 0 Å². The summed E-state index contributed by atoms with van der Waals surface area (Å²) in [5.41, 5.74) is 2.75. The van der Waals surface area contributed by atoms with Crippen LogP contribution in [0.5, 0.6) is 11.5 Å². The fourth-order valence-electron chi connectivity index (χ4n) is 3.30. The number of carbonyl (C=O) groups is 2. The number of hydrogen-bond donors (Lipinski definition) is 0. The van der Waals surface area contributed by atoms with Crippen molar-refractivity contribution in [1.82, 2.24) is 4.90 Å². The van der Waals surface area contributed by atoms with Gasteiger partial charge < -0.3 is 9.47 Å². The predicted octanol–water partition coefficient (Wildman–Crippen LogP) is 7.87. The third-order valence-electron chi connectivity index (χ3n) is 5.13. The van der Waals surface area contributed by atoms with Gasteiger partial charge >= 0.3 is 0 Å². The monoisotopic (exact) mass is 635 g/mol. The lowest BCUT2D eigenvalue weighted by atomic mass is 10.2. The number of rotatable bonds is 8. The highest BCUT2D eigenvalue weighted by Gasteiger charge is 2.34. The Kier molecular flexibility index (Phi) is 8.59. The zero-order valence-corrected chi connectivity index (χ0v) is 23.3. The maximum Gasteiger partial charge on any atom is 0.293 e. The second-order valence-electron chi connectivity index (χ2n) is 7.69. The Morgan fingerprint density at radius 3 is 2.37 bits per heavy atom. The maximum absolute atomic E-state index is 12.8. The molecule has 0 saturated carbocycles. The second kappa shape index (κ2) is 11.6. The number of nitrogens with zero attached hydrogens (tertiary/aromatic N) is 1. The summed E-state index contributed by atoms with van der Waals surface area (Å²) < 4.78 is 13.0. The summed E-state index contributed by atoms with van der Waals surface area (Å²) in [6.45, 7) is 2.70. The van der Waals surface area contributed by atoms with E-state index in [0.717, 1.165) is 28.5 Å². The number of ether oxygens (including phenoxy) is 2. The molecule has 1 fully saturated rings. The number of amides is 2. The van der Waals surface area contributed by atoms with Crippen molar-refractivity contribution < 1.29 is 19.1 Å². The zero-order valence-electron chi connectivity index (χ0n) is 18.6. The van der Waals surface area contributed by atoms with E-state index >= 15 is 0 Å². The van der Waals surface area contributed by atoms with Crippen molar-refractivity contribution in [3.8, 4) is 11.5 Å². The first kappa shape index (κ1) is 25.8. The topological polar surface area (TPSA) is 55.8 Å². The first-order valence-corrected chi connectivity index (χ1v) is 13.4. The molecule has 0 N–H and O–H groups in total. The van der Waals surface area contributed by atoms with Gasteiger partial charge in [0.2, 0.25) is 0 Å². The van der Waals surface area contributed by atoms with E-state index < -0.39 is 0 Å². The molecule has 3 aromatic carbocycles. The lowest BCUT2D eigenvalue weighted by Gasteiger charge is -2.13. The molecule has 3 aromatic rings. The van der Waals surface area contributed by atoms with Gasteiger partial charge in [-0.05, 0) is 92.5 Å². The first-order valence-electron chi connectivity index (χ1n) is 10.6. The fraction of sp³-hybridized carbons (Fsp3) is 0.154. The van der Waals surface area contributed by atoms with Gasteiger partial charge in [-0.2, -0.15) is 0 Å². The summed E-state index contributed by atoms with van der Waals surface area (Å²) >= 11 is 14.2. The number of hydrogen-bond acceptors (Lipinski definition) is 5. The molecule has 2 amide bonds. The summed E-state index contributed by atoms with van der Waals surface area (Å²) in [5, 5.41) is 0.322. The molecule has 0 unspecified atom stereocenters. The van der Waals surface area contributed by atoms with Crippen LogP contribution in [0, 0.1) is 6.92 Å². The van der Waals surface area contributed by atoms with Crippen LogP contribution in [0.3, 0.4) is 0 Å². The smallest absolute Gasteiger partial charge is 0.293 e. The molecule has 0 aliphatic carbocycles. The zero-order chi connectivity index (χ0) is 24.9. The number of imide groups is 1. The Morgan fingerprint density at radius 2 is 1.69 bits per heavy atom. The van der Waals surface area contributed by atoms with Gasteiger partial charge in [-0.15, -0.1) is 0 Å². The summed E-state index contributed by atoms with van der Waals surface area (Å²) in [5.74, 6) is 0.979. The quantitative estimate of drug-likeness (QED) is 0.236. The summed E-state index contributed by atoms with van der Waals surface area (Å²) in [7, 11) is 0. The van der Waals surface area contributed by atoms with Gasteiger partial charge in [0.25, 0.3) is 11.1 Å². The van der Waals surface area contributed by atoms with E-state index in [2.05, 4.69) is 31.9 Å². The molecule has 5 nitrogen and oxygen atoms in total. The Balaban J connectivity index is 1.41. The van der Waals surface area contributed by atoms with Crippen LogP contribution in [-0.2, 0) is 11.4 Å². The summed E-state index contributed by atoms with van der Waals surface area (Å²) in [6.07, 6.45) is 1.69. The van der Waals surface area contributed by atoms with Gasteiger partial charge in [-0.25, -0.2) is 0 Å². The molecule has 0 spiro atoms. The highest BCUT2D eigenvalue weighted by molar-refractivity contribution is 9.11. The minimum absolute atomic E-state index is 0.179. The van der Waals surface area contributed by atoms with Crippen molar-refractivity contribution in [2.24, 2.45) is 0 Å². The number of carbonyl (C=O) groups excluding carboxylic acids is 2. The third-order valence-corrected chi connectivity index (χ3v) is 7.58. The third kappa shape index (κ3) is 6.50. The molecule has 1 aliphatic rings. The Bertz CT molecular complexity index is 1270. The minimum atomic E-state index is -0.334. The number of benzene rings is 3. The number of thioether (sulfide) groups is 1. The number of aryl methyl sites for hydroxylation is 1. The molecular formula is C26H20Br2ClNO4S. The van der Waals surface area contributed by atoms with E-state index in [0.29, 0.717) is 37.0 Å². The minimum Gasteiger partial charge on any atom is -0.492 e. The van der Waals surface area contributed by atoms with Crippen molar-refractivity contribution in [3.05, 3.63) is 96.2 Å². The number of halogens is 3. The van der Waals surface area contributed by atoms with Crippen LogP contribution >= 0.6 is 55.2 Å². The normalized spacial score (nSPS) is 14.6. The largest absolute Gasteiger partial charge is 0.492 e. The summed E-state index contributed by atoms with van der Waals surface area (Å²) in [6, 6.07) is 18.8. The van der Waals surface area contributed by atoms with Crippen LogP contribution in [0.15, 0.2) is 74.5 Å². The standard InChI is InChI=1S/C26H20Br2ClNO4S/c1-16-6-8-19(9-7-16)33-11-10-30-25(31)23(35-26(30)32)14-17-12-20(27)24(21(28)13-17)34-15-18-4-2-3-5-22(18)29/h2-9,12-14H,10-11,15H2,1H3/b23-14-. The highest BCUT2D eigenvalue weighted by atomic mass is 79.9. The van der Waals surface area contributed by atoms with Crippen LogP contribution in [0.25, 0.3) is 6.08 Å². The van der Waals surface area contributed by atoms with Crippen molar-refractivity contribution in [2.45, 2.75) is 13.5 Å². The van der Waals surface area contributed by atoms with E-state index in [1.165, 1.54) is 4.90 Å². The van der Waals surface area contributed by atoms with E-state index in [1.54, 1.807) is 6.08 Å². The van der Waals surface area contributed by atoms with Gasteiger partial charge in [0.05, 0.1) is 20.4 Å². The molecule has 4 rings (SSSR count). The molecule has 0 atom stereocenters. The molecular weight excluding hydrogens is 618 g/mol. The molecule has 180 valence electrons. The van der Waals surface area contributed by atoms with E-state index in [1.807, 2.05) is 67.6 Å². The molecule has 1 heterocycles. The van der Waals surface area contributed by atoms with Gasteiger partial charge in [0, 0.05) is 10.6 Å². The summed E-state index contributed by atoms with van der Waals surface area (Å²) in [4.78, 5) is 26.8. The highest BCUT2D eigenvalue weighted by Crippen LogP contribution is 2.38. The molecule has 35 heavy (non-hydrogen) atoms. The van der Waals surface area contributed by atoms with Gasteiger partial charge in [-0.3, -0.25) is 14.5 Å². The van der Waals surface area contributed by atoms with E-state index in [4.69, 9.17) is 21.1 Å². The second-order valence-corrected chi connectivity index (χ2v) is 10.8. The van der Waals surface area contributed by atoms with Crippen molar-refractivity contribution >= 4 is 72.4 Å². The lowest BCUT2D eigenvalue weighted by molar-refractivity contribution is -0.123. The lowest BCUT2D eigenvalue weighted by Crippen LogP contribution is -2.32. The van der Waals surface area contributed by atoms with Crippen LogP contribution in [0.4, 0.5) is 4.79 Å². The van der Waals surface area contributed by atoms with Crippen LogP contribution < -0.4 is 9.47 Å². The fourth-order valence-corrected chi connectivity index (χ4v) is 5.81. The molecule has 1 aliphatic heterocycles. The molecule has 9 heteroatoms. The van der Waals surface area contributed by atoms with E-state index in [-0.39, 0.29) is 24.3 Å². The van der Waals surface area contributed by atoms with Gasteiger partial charge in [0.15, 0.2) is 0 Å². The maximum atomic E-state index is 12.8. The Labute approximate surface area is 229 Å². The Hall–Kier alpha value is -2.26. The molecule has 0 bridgehead atoms. The predicted molar refractivity (Wildman–Crippen MR) is 147 cm³/mol. The molecule has 1 saturated heterocycles. The SMILES string of the molecule is Cc1ccc(OCCN2C(=O)S/C(=C\c3cc(Br)c(OCc4ccccc4Cl)c(Br)c3)C2=O)cc1. The van der Waals surface area contributed by atoms with Gasteiger partial charge in [0.1, 0.15) is 24.7 Å². The van der Waals surface area contributed by atoms with E-state index in [9.17, 15) is 9.59 Å². The van der Waals surface area contributed by atoms with Crippen LogP contribution in [0.1, 0.15) is 16.7 Å². The average Bonchev–Trinajstić information content (AvgIpc) is 3.08. The molecule has 0 aromatic heterocycles. The average molecular weight is 638 g/mol. The first-order chi connectivity index (χ1) is 16.8. The van der Waals surface area contributed by atoms with Crippen molar-refractivity contribution in [2.75, 3.05) is 13.2 Å².